The van der Waals surface area contributed by atoms with Crippen LogP contribution in [0.2, 0.25) is 0 Å². The smallest absolute Gasteiger partial charge is 0.326 e. The van der Waals surface area contributed by atoms with Crippen LogP contribution in [0, 0.1) is 0 Å². The van der Waals surface area contributed by atoms with Crippen molar-refractivity contribution < 1.29 is 49.2 Å². The molecule has 14 nitrogen and oxygen atoms in total. The van der Waals surface area contributed by atoms with Crippen molar-refractivity contribution in [1.82, 2.24) is 16.0 Å². The summed E-state index contributed by atoms with van der Waals surface area (Å²) in [7, 11) is 0. The molecule has 3 amide bonds. The Morgan fingerprint density at radius 3 is 1.73 bits per heavy atom. The highest BCUT2D eigenvalue weighted by molar-refractivity contribution is 5.95. The summed E-state index contributed by atoms with van der Waals surface area (Å²) in [5.41, 5.74) is 5.38. The number of hydrogen-bond donors (Lipinski definition) is 8. The number of aliphatic hydroxyl groups is 1. The molecule has 14 heteroatoms. The minimum absolute atomic E-state index is 0.472. The van der Waals surface area contributed by atoms with E-state index in [2.05, 4.69) is 10.6 Å². The molecule has 0 rings (SSSR count). The van der Waals surface area contributed by atoms with Crippen molar-refractivity contribution in [2.75, 3.05) is 0 Å². The highest BCUT2D eigenvalue weighted by atomic mass is 16.4. The van der Waals surface area contributed by atoms with Gasteiger partial charge < -0.3 is 42.1 Å². The van der Waals surface area contributed by atoms with Crippen molar-refractivity contribution in [2.24, 2.45) is 5.73 Å². The number of aliphatic hydroxyl groups excluding tert-OH is 1. The molecule has 30 heavy (non-hydrogen) atoms. The first-order valence-electron chi connectivity index (χ1n) is 8.77. The number of carbonyl (C=O) groups is 6. The molecule has 0 aliphatic carbocycles. The average Bonchev–Trinajstić information content (AvgIpc) is 2.60. The van der Waals surface area contributed by atoms with Crippen LogP contribution in [0.4, 0.5) is 0 Å². The molecular weight excluding hydrogens is 408 g/mol. The molecule has 0 spiro atoms. The Balaban J connectivity index is 5.47. The summed E-state index contributed by atoms with van der Waals surface area (Å²) >= 11 is 0. The summed E-state index contributed by atoms with van der Waals surface area (Å²) in [5.74, 6) is -7.48. The molecule has 0 fully saturated rings. The van der Waals surface area contributed by atoms with Gasteiger partial charge in [0.05, 0.1) is 18.6 Å². The molecule has 0 heterocycles. The molecule has 170 valence electrons. The third-order valence-corrected chi connectivity index (χ3v) is 3.75. The van der Waals surface area contributed by atoms with E-state index in [-0.39, 0.29) is 0 Å². The van der Waals surface area contributed by atoms with Crippen molar-refractivity contribution in [3.8, 4) is 0 Å². The average molecular weight is 434 g/mol. The Morgan fingerprint density at radius 2 is 1.33 bits per heavy atom. The van der Waals surface area contributed by atoms with E-state index in [0.29, 0.717) is 0 Å². The SMILES string of the molecule is CC(N)C(=O)NC(C(=O)NC(CCC(=O)O)C(=O)NC(CC(=O)O)C(=O)O)C(C)O. The number of carboxylic acid groups (broad SMARTS) is 3. The highest BCUT2D eigenvalue weighted by Crippen LogP contribution is 2.04. The summed E-state index contributed by atoms with van der Waals surface area (Å²) in [6, 6.07) is -5.97. The second-order valence-electron chi connectivity index (χ2n) is 6.51. The van der Waals surface area contributed by atoms with E-state index in [1.54, 1.807) is 0 Å². The molecule has 0 aliphatic rings. The molecule has 5 unspecified atom stereocenters. The van der Waals surface area contributed by atoms with Crippen LogP contribution in [0.25, 0.3) is 0 Å². The van der Waals surface area contributed by atoms with Crippen LogP contribution in [-0.2, 0) is 28.8 Å². The highest BCUT2D eigenvalue weighted by Gasteiger charge is 2.32. The Morgan fingerprint density at radius 1 is 0.800 bits per heavy atom. The minimum atomic E-state index is -1.83. The fourth-order valence-electron chi connectivity index (χ4n) is 2.14. The lowest BCUT2D eigenvalue weighted by molar-refractivity contribution is -0.147. The number of hydrogen-bond acceptors (Lipinski definition) is 8. The first-order chi connectivity index (χ1) is 13.8. The fraction of sp³-hybridized carbons (Fsp3) is 0.625. The van der Waals surface area contributed by atoms with Gasteiger partial charge in [-0.3, -0.25) is 24.0 Å². The van der Waals surface area contributed by atoms with E-state index in [4.69, 9.17) is 21.1 Å². The van der Waals surface area contributed by atoms with Gasteiger partial charge in [0.15, 0.2) is 0 Å². The molecule has 0 aromatic carbocycles. The number of nitrogens with two attached hydrogens (primary N) is 1. The summed E-state index contributed by atoms with van der Waals surface area (Å²) in [5, 5.41) is 42.5. The van der Waals surface area contributed by atoms with Gasteiger partial charge >= 0.3 is 17.9 Å². The topological polar surface area (TPSA) is 245 Å². The quantitative estimate of drug-likeness (QED) is 0.142. The van der Waals surface area contributed by atoms with E-state index in [9.17, 15) is 33.9 Å². The molecule has 0 radical (unpaired) electrons. The number of carboxylic acids is 3. The predicted octanol–water partition coefficient (Wildman–Crippen LogP) is -3.41. The maximum Gasteiger partial charge on any atom is 0.326 e. The van der Waals surface area contributed by atoms with E-state index in [1.165, 1.54) is 13.8 Å². The van der Waals surface area contributed by atoms with Crippen molar-refractivity contribution in [3.05, 3.63) is 0 Å². The van der Waals surface area contributed by atoms with Gasteiger partial charge in [0.2, 0.25) is 17.7 Å². The van der Waals surface area contributed by atoms with Gasteiger partial charge in [-0.25, -0.2) is 4.79 Å². The number of carbonyl (C=O) groups excluding carboxylic acids is 3. The third kappa shape index (κ3) is 9.79. The molecule has 9 N–H and O–H groups in total. The zero-order valence-corrected chi connectivity index (χ0v) is 16.3. The molecule has 0 aromatic rings. The Bertz CT molecular complexity index is 679. The summed E-state index contributed by atoms with van der Waals surface area (Å²) in [6.07, 6.45) is -3.45. The van der Waals surface area contributed by atoms with Gasteiger partial charge in [0.1, 0.15) is 18.1 Å². The zero-order valence-electron chi connectivity index (χ0n) is 16.3. The summed E-state index contributed by atoms with van der Waals surface area (Å²) in [6.45, 7) is 2.50. The second-order valence-corrected chi connectivity index (χ2v) is 6.51. The molecule has 0 aromatic heterocycles. The summed E-state index contributed by atoms with van der Waals surface area (Å²) in [4.78, 5) is 69.2. The maximum atomic E-state index is 12.4. The molecule has 0 bridgehead atoms. The fourth-order valence-corrected chi connectivity index (χ4v) is 2.14. The lowest BCUT2D eigenvalue weighted by Crippen LogP contribution is -2.59. The zero-order chi connectivity index (χ0) is 23.6. The van der Waals surface area contributed by atoms with Gasteiger partial charge in [-0.2, -0.15) is 0 Å². The maximum absolute atomic E-state index is 12.4. The number of rotatable bonds is 13. The van der Waals surface area contributed by atoms with Gasteiger partial charge in [0, 0.05) is 6.42 Å². The van der Waals surface area contributed by atoms with Crippen molar-refractivity contribution in [2.45, 2.75) is 63.4 Å². The van der Waals surface area contributed by atoms with Crippen LogP contribution in [0.15, 0.2) is 0 Å². The first-order valence-corrected chi connectivity index (χ1v) is 8.77. The Kier molecular flexibility index (Phi) is 11.0. The van der Waals surface area contributed by atoms with E-state index in [1.807, 2.05) is 5.32 Å². The normalized spacial score (nSPS) is 15.6. The molecular formula is C16H26N4O10. The number of aliphatic carboxylic acids is 3. The Labute approximate surface area is 170 Å². The van der Waals surface area contributed by atoms with Crippen LogP contribution >= 0.6 is 0 Å². The lowest BCUT2D eigenvalue weighted by Gasteiger charge is -2.25. The Hall–Kier alpha value is -3.26. The largest absolute Gasteiger partial charge is 0.481 e. The van der Waals surface area contributed by atoms with E-state index < -0.39 is 85.2 Å². The molecule has 0 saturated carbocycles. The van der Waals surface area contributed by atoms with E-state index >= 15 is 0 Å². The van der Waals surface area contributed by atoms with Crippen LogP contribution in [0.5, 0.6) is 0 Å². The number of nitrogens with one attached hydrogen (secondary N) is 3. The monoisotopic (exact) mass is 434 g/mol. The standard InChI is InChI=1S/C16H26N4O10/c1-6(17)13(26)20-12(7(2)21)15(28)18-8(3-4-10(22)23)14(27)19-9(16(29)30)5-11(24)25/h6-9,12,21H,3-5,17H2,1-2H3,(H,18,28)(H,19,27)(H,20,26)(H,22,23)(H,24,25)(H,29,30). The summed E-state index contributed by atoms with van der Waals surface area (Å²) < 4.78 is 0. The van der Waals surface area contributed by atoms with Gasteiger partial charge in [0.25, 0.3) is 0 Å². The molecule has 0 saturated heterocycles. The lowest BCUT2D eigenvalue weighted by atomic mass is 10.1. The predicted molar refractivity (Wildman–Crippen MR) is 97.9 cm³/mol. The minimum Gasteiger partial charge on any atom is -0.481 e. The number of amides is 3. The van der Waals surface area contributed by atoms with Crippen molar-refractivity contribution in [1.29, 1.82) is 0 Å². The van der Waals surface area contributed by atoms with Crippen LogP contribution in [0.3, 0.4) is 0 Å². The van der Waals surface area contributed by atoms with Crippen LogP contribution in [0.1, 0.15) is 33.1 Å². The van der Waals surface area contributed by atoms with Crippen LogP contribution < -0.4 is 21.7 Å². The van der Waals surface area contributed by atoms with Crippen molar-refractivity contribution in [3.63, 3.8) is 0 Å². The first kappa shape index (κ1) is 26.7. The van der Waals surface area contributed by atoms with E-state index in [0.717, 1.165) is 0 Å². The molecule has 0 aliphatic heterocycles. The second kappa shape index (κ2) is 12.3. The van der Waals surface area contributed by atoms with Crippen LogP contribution in [-0.4, -0.2) is 86.3 Å². The molecule has 5 atom stereocenters. The van der Waals surface area contributed by atoms with Gasteiger partial charge in [-0.15, -0.1) is 0 Å². The van der Waals surface area contributed by atoms with Crippen molar-refractivity contribution >= 4 is 35.6 Å². The van der Waals surface area contributed by atoms with Gasteiger partial charge in [-0.05, 0) is 20.3 Å². The van der Waals surface area contributed by atoms with Gasteiger partial charge in [-0.1, -0.05) is 0 Å². The third-order valence-electron chi connectivity index (χ3n) is 3.75.